The Balaban J connectivity index is 1.77. The van der Waals surface area contributed by atoms with Crippen molar-refractivity contribution in [3.63, 3.8) is 0 Å². The largest absolute Gasteiger partial charge is 0.337 e. The van der Waals surface area contributed by atoms with E-state index < -0.39 is 0 Å². The molecule has 1 aliphatic rings. The average molecular weight is 422 g/mol. The highest BCUT2D eigenvalue weighted by molar-refractivity contribution is 5.98. The van der Waals surface area contributed by atoms with E-state index in [-0.39, 0.29) is 11.9 Å². The Morgan fingerprint density at radius 1 is 1.00 bits per heavy atom. The van der Waals surface area contributed by atoms with Gasteiger partial charge in [0.25, 0.3) is 5.91 Å². The number of carbonyl (C=O) groups excluding carboxylic acids is 1. The highest BCUT2D eigenvalue weighted by atomic mass is 16.2. The molecule has 0 bridgehead atoms. The van der Waals surface area contributed by atoms with Crippen LogP contribution in [-0.4, -0.2) is 29.9 Å². The summed E-state index contributed by atoms with van der Waals surface area (Å²) >= 11 is 0. The number of hydrogen-bond donors (Lipinski definition) is 1. The van der Waals surface area contributed by atoms with E-state index in [1.165, 1.54) is 5.57 Å². The molecule has 1 heterocycles. The van der Waals surface area contributed by atoms with Crippen molar-refractivity contribution in [3.05, 3.63) is 89.0 Å². The number of carbonyl (C=O) groups is 1. The summed E-state index contributed by atoms with van der Waals surface area (Å²) in [6.45, 7) is 5.46. The Hall–Kier alpha value is -3.68. The van der Waals surface area contributed by atoms with E-state index in [4.69, 9.17) is 11.0 Å². The van der Waals surface area contributed by atoms with Gasteiger partial charge < -0.3 is 10.6 Å². The van der Waals surface area contributed by atoms with E-state index in [0.717, 1.165) is 34.2 Å². The summed E-state index contributed by atoms with van der Waals surface area (Å²) in [6.07, 6.45) is 2.98. The fourth-order valence-electron chi connectivity index (χ4n) is 4.14. The quantitative estimate of drug-likeness (QED) is 0.606. The first-order valence-electron chi connectivity index (χ1n) is 10.9. The Kier molecular flexibility index (Phi) is 6.20. The molecule has 0 aromatic heterocycles. The minimum absolute atomic E-state index is 0.0123. The molecule has 1 saturated heterocycles. The smallest absolute Gasteiger partial charge is 0.253 e. The molecule has 3 aromatic rings. The van der Waals surface area contributed by atoms with E-state index >= 15 is 0 Å². The van der Waals surface area contributed by atoms with Crippen LogP contribution in [0.4, 0.5) is 0 Å². The second kappa shape index (κ2) is 9.21. The highest BCUT2D eigenvalue weighted by Gasteiger charge is 2.25. The summed E-state index contributed by atoms with van der Waals surface area (Å²) < 4.78 is 0. The summed E-state index contributed by atoms with van der Waals surface area (Å²) in [5.41, 5.74) is 13.8. The Bertz CT molecular complexity index is 1200. The maximum Gasteiger partial charge on any atom is 0.253 e. The van der Waals surface area contributed by atoms with Crippen molar-refractivity contribution in [2.45, 2.75) is 26.3 Å². The lowest BCUT2D eigenvalue weighted by molar-refractivity contribution is 0.0791. The average Bonchev–Trinajstić information content (AvgIpc) is 3.25. The fourth-order valence-corrected chi connectivity index (χ4v) is 4.14. The highest BCUT2D eigenvalue weighted by Crippen LogP contribution is 2.34. The van der Waals surface area contributed by atoms with Gasteiger partial charge in [-0.3, -0.25) is 4.79 Å². The van der Waals surface area contributed by atoms with Gasteiger partial charge in [0.1, 0.15) is 0 Å². The van der Waals surface area contributed by atoms with Crippen molar-refractivity contribution in [1.82, 2.24) is 4.90 Å². The van der Waals surface area contributed by atoms with Crippen LogP contribution in [0, 0.1) is 11.3 Å². The van der Waals surface area contributed by atoms with Crippen molar-refractivity contribution < 1.29 is 4.79 Å². The van der Waals surface area contributed by atoms with Crippen LogP contribution in [0.15, 0.2) is 72.3 Å². The maximum atomic E-state index is 13.1. The third-order valence-corrected chi connectivity index (χ3v) is 5.78. The van der Waals surface area contributed by atoms with Crippen molar-refractivity contribution in [2.24, 2.45) is 5.73 Å². The number of likely N-dealkylation sites (tertiary alicyclic amines) is 1. The van der Waals surface area contributed by atoms with Gasteiger partial charge >= 0.3 is 0 Å². The van der Waals surface area contributed by atoms with Crippen molar-refractivity contribution >= 4 is 12.0 Å². The molecule has 1 fully saturated rings. The van der Waals surface area contributed by atoms with Crippen LogP contribution in [0.1, 0.15) is 41.8 Å². The predicted molar refractivity (Wildman–Crippen MR) is 130 cm³/mol. The molecule has 4 rings (SSSR count). The lowest BCUT2D eigenvalue weighted by Crippen LogP contribution is -2.31. The lowest BCUT2D eigenvalue weighted by atomic mass is 9.91. The van der Waals surface area contributed by atoms with Gasteiger partial charge in [0, 0.05) is 24.7 Å². The number of allylic oxidation sites excluding steroid dienone is 1. The number of nitrogens with zero attached hydrogens (tertiary/aromatic N) is 2. The maximum absolute atomic E-state index is 13.1. The molecule has 0 unspecified atom stereocenters. The molecule has 0 aliphatic carbocycles. The molecule has 0 spiro atoms. The zero-order valence-corrected chi connectivity index (χ0v) is 18.5. The molecule has 160 valence electrons. The number of benzene rings is 3. The van der Waals surface area contributed by atoms with Crippen LogP contribution in [0.5, 0.6) is 0 Å². The fraction of sp³-hybridized carbons (Fsp3) is 0.214. The third-order valence-electron chi connectivity index (χ3n) is 5.78. The van der Waals surface area contributed by atoms with E-state index in [9.17, 15) is 4.79 Å². The molecule has 4 heteroatoms. The van der Waals surface area contributed by atoms with E-state index in [1.807, 2.05) is 47.4 Å². The van der Waals surface area contributed by atoms with Gasteiger partial charge in [-0.25, -0.2) is 0 Å². The van der Waals surface area contributed by atoms with E-state index in [1.54, 1.807) is 0 Å². The van der Waals surface area contributed by atoms with E-state index in [0.29, 0.717) is 24.2 Å². The lowest BCUT2D eigenvalue weighted by Gasteiger charge is -2.18. The molecule has 1 aliphatic heterocycles. The molecule has 4 nitrogen and oxygen atoms in total. The first-order valence-corrected chi connectivity index (χ1v) is 10.9. The van der Waals surface area contributed by atoms with Crippen molar-refractivity contribution in [1.29, 1.82) is 5.26 Å². The third kappa shape index (κ3) is 4.64. The van der Waals surface area contributed by atoms with Crippen molar-refractivity contribution in [3.8, 4) is 28.3 Å². The van der Waals surface area contributed by atoms with Crippen LogP contribution in [0.2, 0.25) is 0 Å². The van der Waals surface area contributed by atoms with Crippen LogP contribution in [0.25, 0.3) is 28.3 Å². The first kappa shape index (κ1) is 21.5. The minimum Gasteiger partial charge on any atom is -0.337 e. The first-order chi connectivity index (χ1) is 15.4. The molecular formula is C28H27N3O. The Morgan fingerprint density at radius 2 is 1.66 bits per heavy atom. The summed E-state index contributed by atoms with van der Waals surface area (Å²) in [5, 5.41) is 9.16. The zero-order valence-electron chi connectivity index (χ0n) is 18.5. The number of rotatable bonds is 4. The molecule has 32 heavy (non-hydrogen) atoms. The number of nitriles is 1. The minimum atomic E-state index is 0.0123. The van der Waals surface area contributed by atoms with Crippen LogP contribution >= 0.6 is 0 Å². The summed E-state index contributed by atoms with van der Waals surface area (Å²) in [5.74, 6) is 0.0123. The van der Waals surface area contributed by atoms with Gasteiger partial charge in [-0.15, -0.1) is 0 Å². The number of hydrogen-bond acceptors (Lipinski definition) is 3. The molecule has 0 saturated carbocycles. The Morgan fingerprint density at radius 3 is 2.25 bits per heavy atom. The molecule has 1 amide bonds. The number of nitrogens with two attached hydrogens (primary N) is 1. The van der Waals surface area contributed by atoms with Crippen LogP contribution in [-0.2, 0) is 0 Å². The monoisotopic (exact) mass is 421 g/mol. The van der Waals surface area contributed by atoms with Gasteiger partial charge in [-0.05, 0) is 72.4 Å². The van der Waals surface area contributed by atoms with Gasteiger partial charge in [-0.2, -0.15) is 5.26 Å². The van der Waals surface area contributed by atoms with Crippen LogP contribution in [0.3, 0.4) is 0 Å². The van der Waals surface area contributed by atoms with Gasteiger partial charge in [-0.1, -0.05) is 54.1 Å². The summed E-state index contributed by atoms with van der Waals surface area (Å²) in [6, 6.07) is 24.0. The van der Waals surface area contributed by atoms with E-state index in [2.05, 4.69) is 50.3 Å². The molecule has 1 atom stereocenters. The predicted octanol–water partition coefficient (Wildman–Crippen LogP) is 5.49. The summed E-state index contributed by atoms with van der Waals surface area (Å²) in [7, 11) is 0. The van der Waals surface area contributed by atoms with Crippen LogP contribution < -0.4 is 5.73 Å². The normalized spacial score (nSPS) is 15.3. The number of amides is 1. The molecule has 2 N–H and O–H groups in total. The topological polar surface area (TPSA) is 70.1 Å². The zero-order chi connectivity index (χ0) is 22.7. The standard InChI is InChI=1S/C28H27N3O/c1-19(2)15-20-3-7-22(8-4-20)26-12-11-24(28(32)31-14-13-25(30)18-31)16-27(26)23-9-5-21(17-29)6-10-23/h3-12,15-16,25H,13-14,18,30H2,1-2H3/t25-/m0/s1. The SMILES string of the molecule is CC(C)=Cc1ccc(-c2ccc(C(=O)N3CC[C@H](N)C3)cc2-c2ccc(C#N)cc2)cc1. The van der Waals surface area contributed by atoms with Gasteiger partial charge in [0.15, 0.2) is 0 Å². The Labute approximate surface area is 189 Å². The molecule has 3 aromatic carbocycles. The van der Waals surface area contributed by atoms with Gasteiger partial charge in [0.2, 0.25) is 0 Å². The summed E-state index contributed by atoms with van der Waals surface area (Å²) in [4.78, 5) is 14.9. The molecule has 0 radical (unpaired) electrons. The van der Waals surface area contributed by atoms with Crippen molar-refractivity contribution in [2.75, 3.05) is 13.1 Å². The van der Waals surface area contributed by atoms with Gasteiger partial charge in [0.05, 0.1) is 11.6 Å². The molecular weight excluding hydrogens is 394 g/mol. The second-order valence-electron chi connectivity index (χ2n) is 8.59. The second-order valence-corrected chi connectivity index (χ2v) is 8.59.